The summed E-state index contributed by atoms with van der Waals surface area (Å²) < 4.78 is 38.8. The predicted molar refractivity (Wildman–Crippen MR) is 113 cm³/mol. The third-order valence-electron chi connectivity index (χ3n) is 4.70. The third-order valence-corrected chi connectivity index (χ3v) is 6.49. The average Bonchev–Trinajstić information content (AvgIpc) is 2.79. The molecular weight excluding hydrogens is 404 g/mol. The maximum atomic E-state index is 13.3. The topological polar surface area (TPSA) is 84.9 Å². The lowest BCUT2D eigenvalue weighted by Crippen LogP contribution is -2.48. The lowest BCUT2D eigenvalue weighted by molar-refractivity contribution is -0.122. The summed E-state index contributed by atoms with van der Waals surface area (Å²) in [4.78, 5) is 13.0. The molecule has 3 aromatic carbocycles. The molecule has 0 unspecified atom stereocenters. The van der Waals surface area contributed by atoms with Crippen molar-refractivity contribution < 1.29 is 22.7 Å². The minimum Gasteiger partial charge on any atom is -0.497 e. The summed E-state index contributed by atoms with van der Waals surface area (Å²) in [6.45, 7) is -0.149. The second kappa shape index (κ2) is 8.08. The first-order chi connectivity index (χ1) is 14.5. The Morgan fingerprint density at radius 3 is 2.53 bits per heavy atom. The van der Waals surface area contributed by atoms with Gasteiger partial charge in [-0.1, -0.05) is 36.4 Å². The van der Waals surface area contributed by atoms with E-state index in [1.807, 2.05) is 0 Å². The minimum absolute atomic E-state index is 0.147. The fourth-order valence-electron chi connectivity index (χ4n) is 3.21. The van der Waals surface area contributed by atoms with E-state index in [1.54, 1.807) is 66.7 Å². The predicted octanol–water partition coefficient (Wildman–Crippen LogP) is 3.29. The molecule has 1 heterocycles. The molecule has 4 rings (SSSR count). The number of benzene rings is 3. The van der Waals surface area contributed by atoms with Gasteiger partial charge in [-0.2, -0.15) is 0 Å². The molecule has 7 nitrogen and oxygen atoms in total. The molecule has 0 saturated carbocycles. The van der Waals surface area contributed by atoms with E-state index < -0.39 is 22.0 Å². The Morgan fingerprint density at radius 2 is 1.77 bits per heavy atom. The Kier molecular flexibility index (Phi) is 5.33. The van der Waals surface area contributed by atoms with Crippen molar-refractivity contribution in [3.63, 3.8) is 0 Å². The van der Waals surface area contributed by atoms with E-state index >= 15 is 0 Å². The minimum atomic E-state index is -3.87. The van der Waals surface area contributed by atoms with Gasteiger partial charge in [0, 0.05) is 11.8 Å². The number of hydrogen-bond acceptors (Lipinski definition) is 5. The molecule has 154 valence electrons. The second-order valence-corrected chi connectivity index (χ2v) is 8.51. The van der Waals surface area contributed by atoms with E-state index in [0.29, 0.717) is 22.9 Å². The number of rotatable bonds is 5. The van der Waals surface area contributed by atoms with Gasteiger partial charge in [-0.05, 0) is 36.4 Å². The number of ether oxygens (including phenoxy) is 2. The highest BCUT2D eigenvalue weighted by Crippen LogP contribution is 2.37. The number of carbonyl (C=O) groups is 1. The van der Waals surface area contributed by atoms with Crippen LogP contribution < -0.4 is 19.1 Å². The van der Waals surface area contributed by atoms with Gasteiger partial charge in [0.1, 0.15) is 11.5 Å². The van der Waals surface area contributed by atoms with Gasteiger partial charge in [-0.25, -0.2) is 8.42 Å². The van der Waals surface area contributed by atoms with Crippen LogP contribution in [0.3, 0.4) is 0 Å². The number of para-hydroxylation sites is 2. The Hall–Kier alpha value is -3.52. The Bertz CT molecular complexity index is 1160. The van der Waals surface area contributed by atoms with Crippen LogP contribution in [0.25, 0.3) is 0 Å². The number of fused-ring (bicyclic) bond motifs is 1. The van der Waals surface area contributed by atoms with E-state index in [2.05, 4.69) is 5.32 Å². The maximum absolute atomic E-state index is 13.3. The molecule has 0 spiro atoms. The van der Waals surface area contributed by atoms with Crippen LogP contribution in [-0.4, -0.2) is 34.1 Å². The van der Waals surface area contributed by atoms with Crippen molar-refractivity contribution in [2.45, 2.75) is 11.0 Å². The molecule has 0 aliphatic carbocycles. The Balaban J connectivity index is 1.65. The maximum Gasteiger partial charge on any atom is 0.267 e. The van der Waals surface area contributed by atoms with Crippen molar-refractivity contribution in [2.75, 3.05) is 23.3 Å². The van der Waals surface area contributed by atoms with Crippen LogP contribution in [0.5, 0.6) is 11.5 Å². The summed E-state index contributed by atoms with van der Waals surface area (Å²) in [5.41, 5.74) is 0.922. The van der Waals surface area contributed by atoms with E-state index in [9.17, 15) is 13.2 Å². The first-order valence-electron chi connectivity index (χ1n) is 9.27. The Morgan fingerprint density at radius 1 is 1.03 bits per heavy atom. The summed E-state index contributed by atoms with van der Waals surface area (Å²) in [7, 11) is -2.34. The molecule has 1 atom stereocenters. The fourth-order valence-corrected chi connectivity index (χ4v) is 4.71. The molecular formula is C22H20N2O5S. The van der Waals surface area contributed by atoms with Crippen molar-refractivity contribution >= 4 is 27.3 Å². The molecule has 3 aromatic rings. The third kappa shape index (κ3) is 3.81. The molecule has 0 radical (unpaired) electrons. The van der Waals surface area contributed by atoms with E-state index in [4.69, 9.17) is 9.47 Å². The number of carbonyl (C=O) groups excluding carboxylic acids is 1. The highest BCUT2D eigenvalue weighted by atomic mass is 32.2. The molecule has 0 aromatic heterocycles. The second-order valence-electron chi connectivity index (χ2n) is 6.64. The van der Waals surface area contributed by atoms with Crippen molar-refractivity contribution in [1.29, 1.82) is 0 Å². The fraction of sp³-hybridized carbons (Fsp3) is 0.136. The van der Waals surface area contributed by atoms with E-state index in [0.717, 1.165) is 0 Å². The summed E-state index contributed by atoms with van der Waals surface area (Å²) in [5.74, 6) is 0.469. The molecule has 8 heteroatoms. The van der Waals surface area contributed by atoms with Crippen LogP contribution in [0.4, 0.5) is 11.4 Å². The zero-order valence-corrected chi connectivity index (χ0v) is 17.0. The van der Waals surface area contributed by atoms with Crippen molar-refractivity contribution in [3.8, 4) is 11.5 Å². The van der Waals surface area contributed by atoms with Gasteiger partial charge < -0.3 is 14.8 Å². The van der Waals surface area contributed by atoms with Crippen LogP contribution in [-0.2, 0) is 14.8 Å². The van der Waals surface area contributed by atoms with E-state index in [-0.39, 0.29) is 11.4 Å². The number of methoxy groups -OCH3 is 1. The highest BCUT2D eigenvalue weighted by Gasteiger charge is 2.37. The number of amides is 1. The normalized spacial score (nSPS) is 15.6. The summed E-state index contributed by atoms with van der Waals surface area (Å²) in [6.07, 6.45) is -1.02. The molecule has 0 bridgehead atoms. The first-order valence-corrected chi connectivity index (χ1v) is 10.7. The molecule has 30 heavy (non-hydrogen) atoms. The quantitative estimate of drug-likeness (QED) is 0.679. The van der Waals surface area contributed by atoms with Crippen molar-refractivity contribution in [3.05, 3.63) is 78.9 Å². The van der Waals surface area contributed by atoms with Crippen LogP contribution >= 0.6 is 0 Å². The smallest absolute Gasteiger partial charge is 0.267 e. The van der Waals surface area contributed by atoms with E-state index in [1.165, 1.54) is 23.5 Å². The van der Waals surface area contributed by atoms with Crippen molar-refractivity contribution in [1.82, 2.24) is 0 Å². The molecule has 1 aliphatic rings. The number of anilines is 2. The van der Waals surface area contributed by atoms with Gasteiger partial charge in [0.05, 0.1) is 24.2 Å². The zero-order valence-electron chi connectivity index (χ0n) is 16.2. The zero-order chi connectivity index (χ0) is 21.1. The van der Waals surface area contributed by atoms with Gasteiger partial charge in [0.2, 0.25) is 0 Å². The van der Waals surface area contributed by atoms with Crippen LogP contribution in [0.2, 0.25) is 0 Å². The van der Waals surface area contributed by atoms with Gasteiger partial charge in [-0.15, -0.1) is 0 Å². The van der Waals surface area contributed by atoms with Gasteiger partial charge >= 0.3 is 0 Å². The monoisotopic (exact) mass is 424 g/mol. The van der Waals surface area contributed by atoms with Crippen LogP contribution in [0, 0.1) is 0 Å². The molecule has 1 aliphatic heterocycles. The van der Waals surface area contributed by atoms with Crippen LogP contribution in [0.1, 0.15) is 0 Å². The number of sulfonamides is 1. The van der Waals surface area contributed by atoms with Gasteiger partial charge in [0.25, 0.3) is 15.9 Å². The summed E-state index contributed by atoms with van der Waals surface area (Å²) in [6, 6.07) is 21.8. The van der Waals surface area contributed by atoms with Crippen molar-refractivity contribution in [2.24, 2.45) is 0 Å². The van der Waals surface area contributed by atoms with Crippen LogP contribution in [0.15, 0.2) is 83.8 Å². The number of hydrogen-bond donors (Lipinski definition) is 1. The summed E-state index contributed by atoms with van der Waals surface area (Å²) >= 11 is 0. The average molecular weight is 424 g/mol. The number of nitrogens with one attached hydrogen (secondary N) is 1. The summed E-state index contributed by atoms with van der Waals surface area (Å²) in [5, 5.41) is 2.76. The first kappa shape index (κ1) is 19.8. The lowest BCUT2D eigenvalue weighted by Gasteiger charge is -2.34. The largest absolute Gasteiger partial charge is 0.497 e. The standard InChI is InChI=1S/C22H20N2O5S/c1-28-17-9-7-8-16(14-17)23-22(25)21-15-24(19-12-5-6-13-20(19)29-21)30(26,27)18-10-3-2-4-11-18/h2-14,21H,15H2,1H3,(H,23,25)/t21-/m0/s1. The van der Waals surface area contributed by atoms with Gasteiger partial charge in [-0.3, -0.25) is 9.10 Å². The highest BCUT2D eigenvalue weighted by molar-refractivity contribution is 7.92. The molecule has 0 fully saturated rings. The number of nitrogens with zero attached hydrogens (tertiary/aromatic N) is 1. The SMILES string of the molecule is COc1cccc(NC(=O)[C@@H]2CN(S(=O)(=O)c3ccccc3)c3ccccc3O2)c1. The molecule has 1 N–H and O–H groups in total. The molecule has 1 amide bonds. The Labute approximate surface area is 174 Å². The van der Waals surface area contributed by atoms with Gasteiger partial charge in [0.15, 0.2) is 6.10 Å². The molecule has 0 saturated heterocycles. The lowest BCUT2D eigenvalue weighted by atomic mass is 10.2.